The Labute approximate surface area is 75.7 Å². The van der Waals surface area contributed by atoms with Crippen molar-refractivity contribution in [1.29, 1.82) is 0 Å². The molecule has 5 nitrogen and oxygen atoms in total. The summed E-state index contributed by atoms with van der Waals surface area (Å²) in [5.41, 5.74) is 0. The molecule has 13 heavy (non-hydrogen) atoms. The first-order valence-electron chi connectivity index (χ1n) is 4.33. The summed E-state index contributed by atoms with van der Waals surface area (Å²) in [5, 5.41) is 3.54. The average Bonchev–Trinajstić information content (AvgIpc) is 2.74. The van der Waals surface area contributed by atoms with E-state index < -0.39 is 0 Å². The van der Waals surface area contributed by atoms with Crippen molar-refractivity contribution in [3.8, 4) is 0 Å². The molecule has 0 aromatic carbocycles. The van der Waals surface area contributed by atoms with Gasteiger partial charge < -0.3 is 9.42 Å². The lowest BCUT2D eigenvalue weighted by molar-refractivity contribution is -0.130. The highest BCUT2D eigenvalue weighted by atomic mass is 16.5. The van der Waals surface area contributed by atoms with E-state index in [0.717, 1.165) is 19.4 Å². The molecule has 1 fully saturated rings. The molecule has 1 saturated heterocycles. The summed E-state index contributed by atoms with van der Waals surface area (Å²) in [6.07, 6.45) is 3.29. The first kappa shape index (κ1) is 8.22. The number of carbonyl (C=O) groups excluding carboxylic acids is 1. The number of aromatic nitrogens is 2. The summed E-state index contributed by atoms with van der Waals surface area (Å²) < 4.78 is 4.94. The number of hydrogen-bond acceptors (Lipinski definition) is 4. The van der Waals surface area contributed by atoms with Gasteiger partial charge in [-0.3, -0.25) is 4.79 Å². The second-order valence-corrected chi connectivity index (χ2v) is 3.15. The van der Waals surface area contributed by atoms with Crippen molar-refractivity contribution in [2.45, 2.75) is 25.8 Å². The van der Waals surface area contributed by atoms with Crippen LogP contribution in [0.4, 0.5) is 0 Å². The Kier molecular flexibility index (Phi) is 2.00. The Morgan fingerprint density at radius 2 is 2.62 bits per heavy atom. The lowest BCUT2D eigenvalue weighted by Gasteiger charge is -2.19. The summed E-state index contributed by atoms with van der Waals surface area (Å²) in [4.78, 5) is 16.9. The first-order chi connectivity index (χ1) is 6.29. The molecule has 70 valence electrons. The quantitative estimate of drug-likeness (QED) is 0.641. The van der Waals surface area contributed by atoms with Crippen molar-refractivity contribution in [2.24, 2.45) is 0 Å². The third kappa shape index (κ3) is 1.41. The van der Waals surface area contributed by atoms with E-state index >= 15 is 0 Å². The fourth-order valence-electron chi connectivity index (χ4n) is 1.73. The summed E-state index contributed by atoms with van der Waals surface area (Å²) in [6, 6.07) is 0. The van der Waals surface area contributed by atoms with Crippen LogP contribution in [0.1, 0.15) is 31.7 Å². The minimum absolute atomic E-state index is 0. The van der Waals surface area contributed by atoms with Crippen LogP contribution in [0.5, 0.6) is 0 Å². The van der Waals surface area contributed by atoms with Gasteiger partial charge in [-0.1, -0.05) is 5.16 Å². The largest absolute Gasteiger partial charge is 0.337 e. The van der Waals surface area contributed by atoms with E-state index in [1.807, 2.05) is 0 Å². The van der Waals surface area contributed by atoms with Crippen LogP contribution in [-0.4, -0.2) is 27.5 Å². The van der Waals surface area contributed by atoms with Gasteiger partial charge >= 0.3 is 0 Å². The predicted molar refractivity (Wildman–Crippen MR) is 43.7 cm³/mol. The van der Waals surface area contributed by atoms with Crippen LogP contribution in [0.25, 0.3) is 0 Å². The molecule has 0 saturated carbocycles. The van der Waals surface area contributed by atoms with Gasteiger partial charge in [0.05, 0.1) is 0 Å². The molecule has 1 aliphatic rings. The molecule has 1 amide bonds. The molecule has 0 spiro atoms. The number of carbonyl (C=O) groups is 1. The van der Waals surface area contributed by atoms with Crippen LogP contribution >= 0.6 is 0 Å². The number of amides is 1. The summed E-state index contributed by atoms with van der Waals surface area (Å²) >= 11 is 0. The van der Waals surface area contributed by atoms with E-state index in [4.69, 9.17) is 4.52 Å². The van der Waals surface area contributed by atoms with Crippen LogP contribution in [0, 0.1) is 0 Å². The van der Waals surface area contributed by atoms with Gasteiger partial charge in [0.2, 0.25) is 11.8 Å². The van der Waals surface area contributed by atoms with Crippen molar-refractivity contribution in [1.82, 2.24) is 15.0 Å². The van der Waals surface area contributed by atoms with Gasteiger partial charge in [0, 0.05) is 13.5 Å². The second kappa shape index (κ2) is 3.16. The molecular formula is C8H11N3O2. The van der Waals surface area contributed by atoms with Crippen molar-refractivity contribution >= 4 is 5.91 Å². The van der Waals surface area contributed by atoms with Gasteiger partial charge in [-0.25, -0.2) is 0 Å². The highest BCUT2D eigenvalue weighted by Gasteiger charge is 2.31. The molecular weight excluding hydrogens is 170 g/mol. The van der Waals surface area contributed by atoms with Crippen LogP contribution < -0.4 is 0 Å². The molecule has 0 radical (unpaired) electrons. The Hall–Kier alpha value is -1.39. The summed E-state index contributed by atoms with van der Waals surface area (Å²) in [6.45, 7) is 2.36. The van der Waals surface area contributed by atoms with E-state index in [1.54, 1.807) is 11.8 Å². The molecule has 1 atom stereocenters. The van der Waals surface area contributed by atoms with Gasteiger partial charge in [0.25, 0.3) is 0 Å². The Morgan fingerprint density at radius 3 is 3.23 bits per heavy atom. The molecule has 2 heterocycles. The van der Waals surface area contributed by atoms with Crippen molar-refractivity contribution in [2.75, 3.05) is 6.54 Å². The van der Waals surface area contributed by atoms with E-state index in [0.29, 0.717) is 5.89 Å². The molecule has 1 aromatic rings. The number of likely N-dealkylation sites (tertiary alicyclic amines) is 1. The van der Waals surface area contributed by atoms with Gasteiger partial charge in [-0.15, -0.1) is 0 Å². The van der Waals surface area contributed by atoms with Gasteiger partial charge in [-0.05, 0) is 12.8 Å². The maximum absolute atomic E-state index is 11.2. The monoisotopic (exact) mass is 181 g/mol. The Bertz CT molecular complexity index is 296. The zero-order valence-corrected chi connectivity index (χ0v) is 7.43. The van der Waals surface area contributed by atoms with Gasteiger partial charge in [-0.2, -0.15) is 4.98 Å². The van der Waals surface area contributed by atoms with Crippen molar-refractivity contribution in [3.05, 3.63) is 12.2 Å². The smallest absolute Gasteiger partial charge is 0.249 e. The van der Waals surface area contributed by atoms with Crippen molar-refractivity contribution in [3.63, 3.8) is 0 Å². The molecule has 1 unspecified atom stereocenters. The Balaban J connectivity index is 2.19. The number of rotatable bonds is 1. The highest BCUT2D eigenvalue weighted by molar-refractivity contribution is 5.73. The zero-order valence-electron chi connectivity index (χ0n) is 7.43. The predicted octanol–water partition coefficient (Wildman–Crippen LogP) is 0.753. The molecule has 0 N–H and O–H groups in total. The lowest BCUT2D eigenvalue weighted by Crippen LogP contribution is -2.28. The average molecular weight is 181 g/mol. The third-order valence-electron chi connectivity index (χ3n) is 2.32. The molecule has 0 bridgehead atoms. The van der Waals surface area contributed by atoms with Crippen molar-refractivity contribution < 1.29 is 9.32 Å². The van der Waals surface area contributed by atoms with E-state index in [-0.39, 0.29) is 11.9 Å². The van der Waals surface area contributed by atoms with Crippen LogP contribution in [0.2, 0.25) is 0 Å². The zero-order chi connectivity index (χ0) is 9.26. The highest BCUT2D eigenvalue weighted by Crippen LogP contribution is 2.29. The normalized spacial score (nSPS) is 22.2. The topological polar surface area (TPSA) is 59.2 Å². The molecule has 1 aliphatic heterocycles. The molecule has 5 heteroatoms. The minimum Gasteiger partial charge on any atom is -0.337 e. The van der Waals surface area contributed by atoms with E-state index in [2.05, 4.69) is 10.1 Å². The second-order valence-electron chi connectivity index (χ2n) is 3.15. The summed E-state index contributed by atoms with van der Waals surface area (Å²) in [7, 11) is 0. The molecule has 0 aliphatic carbocycles. The van der Waals surface area contributed by atoms with Gasteiger partial charge in [0.1, 0.15) is 6.04 Å². The fraction of sp³-hybridized carbons (Fsp3) is 0.625. The molecule has 2 rings (SSSR count). The van der Waals surface area contributed by atoms with Crippen LogP contribution in [0.3, 0.4) is 0 Å². The molecule has 1 aromatic heterocycles. The van der Waals surface area contributed by atoms with E-state index in [9.17, 15) is 4.79 Å². The Morgan fingerprint density at radius 1 is 1.77 bits per heavy atom. The van der Waals surface area contributed by atoms with E-state index in [1.165, 1.54) is 6.33 Å². The first-order valence-corrected chi connectivity index (χ1v) is 4.33. The van der Waals surface area contributed by atoms with Crippen LogP contribution in [0.15, 0.2) is 10.9 Å². The van der Waals surface area contributed by atoms with Gasteiger partial charge in [0.15, 0.2) is 6.33 Å². The number of hydrogen-bond donors (Lipinski definition) is 0. The summed E-state index contributed by atoms with van der Waals surface area (Å²) in [5.74, 6) is 0.619. The standard InChI is InChI=1S/C8H11N3O2/c1-6(12)11-4-2-3-7(11)8-9-5-10-13-8/h5,7H,2-4H2,1H3. The van der Waals surface area contributed by atoms with Crippen LogP contribution in [-0.2, 0) is 4.79 Å². The maximum atomic E-state index is 11.2. The fourth-order valence-corrected chi connectivity index (χ4v) is 1.73. The maximum Gasteiger partial charge on any atom is 0.249 e. The minimum atomic E-state index is 0. The lowest BCUT2D eigenvalue weighted by atomic mass is 10.2. The third-order valence-corrected chi connectivity index (χ3v) is 2.32. The number of nitrogens with zero attached hydrogens (tertiary/aromatic N) is 3. The SMILES string of the molecule is CC(=O)N1CCCC1c1ncno1.